The van der Waals surface area contributed by atoms with Gasteiger partial charge < -0.3 is 5.43 Å². The van der Waals surface area contributed by atoms with Crippen LogP contribution in [0.3, 0.4) is 0 Å². The normalized spacial score (nSPS) is 11.4. The Balaban J connectivity index is 2.69. The van der Waals surface area contributed by atoms with E-state index < -0.39 is 17.6 Å². The van der Waals surface area contributed by atoms with Gasteiger partial charge in [0.05, 0.1) is 5.56 Å². The summed E-state index contributed by atoms with van der Waals surface area (Å²) in [6, 6.07) is 2.31. The Morgan fingerprint density at radius 3 is 2.42 bits per heavy atom. The van der Waals surface area contributed by atoms with Crippen molar-refractivity contribution in [2.75, 3.05) is 5.43 Å². The molecule has 8 heteroatoms. The second-order valence-electron chi connectivity index (χ2n) is 3.59. The average molecular weight is 272 g/mol. The van der Waals surface area contributed by atoms with Crippen molar-refractivity contribution < 1.29 is 17.6 Å². The molecule has 0 saturated heterocycles. The SMILES string of the molecule is NNc1nccnc1-c1ccc(F)cc1C(F)(F)F. The fourth-order valence-electron chi connectivity index (χ4n) is 1.60. The summed E-state index contributed by atoms with van der Waals surface area (Å²) in [5.74, 6) is 4.16. The summed E-state index contributed by atoms with van der Waals surface area (Å²) in [5, 5.41) is 0. The van der Waals surface area contributed by atoms with E-state index in [2.05, 4.69) is 15.4 Å². The van der Waals surface area contributed by atoms with E-state index in [-0.39, 0.29) is 17.1 Å². The van der Waals surface area contributed by atoms with Crippen LogP contribution >= 0.6 is 0 Å². The van der Waals surface area contributed by atoms with E-state index in [4.69, 9.17) is 5.84 Å². The largest absolute Gasteiger partial charge is 0.417 e. The molecule has 0 radical (unpaired) electrons. The van der Waals surface area contributed by atoms with Gasteiger partial charge in [0.2, 0.25) is 0 Å². The highest BCUT2D eigenvalue weighted by Crippen LogP contribution is 2.38. The number of benzene rings is 1. The van der Waals surface area contributed by atoms with Crippen LogP contribution in [0, 0.1) is 5.82 Å². The van der Waals surface area contributed by atoms with Gasteiger partial charge in [-0.3, -0.25) is 4.98 Å². The minimum Gasteiger partial charge on any atom is -0.307 e. The van der Waals surface area contributed by atoms with E-state index in [0.717, 1.165) is 12.1 Å². The van der Waals surface area contributed by atoms with Gasteiger partial charge in [-0.2, -0.15) is 13.2 Å². The van der Waals surface area contributed by atoms with Gasteiger partial charge in [0.15, 0.2) is 5.82 Å². The summed E-state index contributed by atoms with van der Waals surface area (Å²) in [4.78, 5) is 7.56. The molecule has 1 aromatic heterocycles. The Morgan fingerprint density at radius 2 is 1.79 bits per heavy atom. The second-order valence-corrected chi connectivity index (χ2v) is 3.59. The summed E-state index contributed by atoms with van der Waals surface area (Å²) < 4.78 is 51.6. The van der Waals surface area contributed by atoms with Gasteiger partial charge in [-0.05, 0) is 18.2 Å². The molecular weight excluding hydrogens is 264 g/mol. The molecule has 0 unspecified atom stereocenters. The Labute approximate surface area is 105 Å². The molecule has 3 N–H and O–H groups in total. The zero-order valence-electron chi connectivity index (χ0n) is 9.37. The summed E-state index contributed by atoms with van der Waals surface area (Å²) in [6.07, 6.45) is -2.21. The minimum atomic E-state index is -4.71. The van der Waals surface area contributed by atoms with Gasteiger partial charge in [0, 0.05) is 18.0 Å². The zero-order chi connectivity index (χ0) is 14.0. The molecule has 0 aliphatic rings. The summed E-state index contributed by atoms with van der Waals surface area (Å²) in [6.45, 7) is 0. The molecule has 0 bridgehead atoms. The number of nitrogens with one attached hydrogen (secondary N) is 1. The van der Waals surface area contributed by atoms with Crippen LogP contribution < -0.4 is 11.3 Å². The first-order chi connectivity index (χ1) is 8.93. The zero-order valence-corrected chi connectivity index (χ0v) is 9.37. The number of halogens is 4. The van der Waals surface area contributed by atoms with Crippen LogP contribution in [0.25, 0.3) is 11.3 Å². The molecule has 2 rings (SSSR count). The Bertz CT molecular complexity index is 597. The number of nitrogens with zero attached hydrogens (tertiary/aromatic N) is 2. The molecule has 0 saturated carbocycles. The highest BCUT2D eigenvalue weighted by Gasteiger charge is 2.35. The Morgan fingerprint density at radius 1 is 1.11 bits per heavy atom. The number of aromatic nitrogens is 2. The highest BCUT2D eigenvalue weighted by atomic mass is 19.4. The molecule has 0 spiro atoms. The molecule has 0 aliphatic heterocycles. The number of hydrogen-bond donors (Lipinski definition) is 2. The average Bonchev–Trinajstić information content (AvgIpc) is 2.37. The lowest BCUT2D eigenvalue weighted by atomic mass is 10.0. The van der Waals surface area contributed by atoms with Gasteiger partial charge in [-0.15, -0.1) is 0 Å². The number of hydrogen-bond acceptors (Lipinski definition) is 4. The van der Waals surface area contributed by atoms with Crippen LogP contribution in [0.5, 0.6) is 0 Å². The molecular formula is C11H8F4N4. The number of rotatable bonds is 2. The van der Waals surface area contributed by atoms with Gasteiger partial charge in [-0.1, -0.05) is 0 Å². The predicted octanol–water partition coefficient (Wildman–Crippen LogP) is 2.59. The predicted molar refractivity (Wildman–Crippen MR) is 60.2 cm³/mol. The van der Waals surface area contributed by atoms with Crippen molar-refractivity contribution >= 4 is 5.82 Å². The van der Waals surface area contributed by atoms with Crippen LogP contribution in [-0.4, -0.2) is 9.97 Å². The van der Waals surface area contributed by atoms with Crippen molar-refractivity contribution in [1.82, 2.24) is 9.97 Å². The Kier molecular flexibility index (Phi) is 3.34. The fourth-order valence-corrected chi connectivity index (χ4v) is 1.60. The summed E-state index contributed by atoms with van der Waals surface area (Å²) in [7, 11) is 0. The molecule has 0 aliphatic carbocycles. The lowest BCUT2D eigenvalue weighted by Gasteiger charge is -2.14. The van der Waals surface area contributed by atoms with Gasteiger partial charge in [0.1, 0.15) is 11.5 Å². The number of anilines is 1. The van der Waals surface area contributed by atoms with E-state index in [1.807, 2.05) is 0 Å². The monoisotopic (exact) mass is 272 g/mol. The lowest BCUT2D eigenvalue weighted by molar-refractivity contribution is -0.137. The molecule has 1 aromatic carbocycles. The maximum absolute atomic E-state index is 13.0. The van der Waals surface area contributed by atoms with E-state index in [1.54, 1.807) is 0 Å². The third kappa shape index (κ3) is 2.63. The van der Waals surface area contributed by atoms with E-state index >= 15 is 0 Å². The fraction of sp³-hybridized carbons (Fsp3) is 0.0909. The molecule has 0 fully saturated rings. The Hall–Kier alpha value is -2.22. The van der Waals surface area contributed by atoms with Crippen molar-refractivity contribution in [3.05, 3.63) is 42.0 Å². The topological polar surface area (TPSA) is 63.8 Å². The van der Waals surface area contributed by atoms with Crippen molar-refractivity contribution in [3.8, 4) is 11.3 Å². The van der Waals surface area contributed by atoms with Crippen LogP contribution in [0.15, 0.2) is 30.6 Å². The first kappa shape index (κ1) is 13.2. The summed E-state index contributed by atoms with van der Waals surface area (Å²) >= 11 is 0. The van der Waals surface area contributed by atoms with E-state index in [1.165, 1.54) is 12.4 Å². The first-order valence-electron chi connectivity index (χ1n) is 5.08. The van der Waals surface area contributed by atoms with Crippen molar-refractivity contribution in [2.45, 2.75) is 6.18 Å². The van der Waals surface area contributed by atoms with E-state index in [9.17, 15) is 17.6 Å². The molecule has 0 amide bonds. The van der Waals surface area contributed by atoms with E-state index in [0.29, 0.717) is 6.07 Å². The summed E-state index contributed by atoms with van der Waals surface area (Å²) in [5.41, 5.74) is 0.622. The third-order valence-corrected chi connectivity index (χ3v) is 2.38. The molecule has 4 nitrogen and oxygen atoms in total. The van der Waals surface area contributed by atoms with Crippen LogP contribution in [0.1, 0.15) is 5.56 Å². The molecule has 19 heavy (non-hydrogen) atoms. The molecule has 2 aromatic rings. The standard InChI is InChI=1S/C11H8F4N4/c12-6-1-2-7(8(5-6)11(13,14)15)9-10(19-16)18-4-3-17-9/h1-5H,16H2,(H,18,19). The molecule has 0 atom stereocenters. The quantitative estimate of drug-likeness (QED) is 0.501. The second kappa shape index (κ2) is 4.81. The molecule has 1 heterocycles. The number of nitrogen functional groups attached to an aromatic ring is 1. The van der Waals surface area contributed by atoms with Crippen molar-refractivity contribution in [2.24, 2.45) is 5.84 Å². The lowest BCUT2D eigenvalue weighted by Crippen LogP contribution is -2.13. The van der Waals surface area contributed by atoms with Crippen LogP contribution in [0.4, 0.5) is 23.4 Å². The maximum Gasteiger partial charge on any atom is 0.417 e. The highest BCUT2D eigenvalue weighted by molar-refractivity contribution is 5.74. The first-order valence-corrected chi connectivity index (χ1v) is 5.08. The number of alkyl halides is 3. The maximum atomic E-state index is 13.0. The van der Waals surface area contributed by atoms with Crippen molar-refractivity contribution in [1.29, 1.82) is 0 Å². The third-order valence-electron chi connectivity index (χ3n) is 2.38. The minimum absolute atomic E-state index is 0.0281. The van der Waals surface area contributed by atoms with Gasteiger partial charge in [0.25, 0.3) is 0 Å². The van der Waals surface area contributed by atoms with Gasteiger partial charge >= 0.3 is 6.18 Å². The van der Waals surface area contributed by atoms with Crippen LogP contribution in [0.2, 0.25) is 0 Å². The smallest absolute Gasteiger partial charge is 0.307 e. The number of nitrogens with two attached hydrogens (primary N) is 1. The molecule has 100 valence electrons. The van der Waals surface area contributed by atoms with Gasteiger partial charge in [-0.25, -0.2) is 15.2 Å². The van der Waals surface area contributed by atoms with Crippen LogP contribution in [-0.2, 0) is 6.18 Å². The van der Waals surface area contributed by atoms with Crippen molar-refractivity contribution in [3.63, 3.8) is 0 Å². The number of hydrazine groups is 1.